The van der Waals surface area contributed by atoms with Crippen LogP contribution in [-0.4, -0.2) is 222 Å². The number of phenolic OH excluding ortho intramolecular Hbond substituents is 3. The molecule has 3 aromatic carbocycles. The fraction of sp³-hybridized carbons (Fsp3) is 0.279. The van der Waals surface area contributed by atoms with Gasteiger partial charge in [-0.25, -0.2) is 33.8 Å². The van der Waals surface area contributed by atoms with E-state index in [1.54, 1.807) is 18.4 Å². The Morgan fingerprint density at radius 3 is 1.46 bits per heavy atom. The Labute approximate surface area is 606 Å². The highest BCUT2D eigenvalue weighted by molar-refractivity contribution is 5.90. The molecule has 6 heterocycles. The number of pyridine rings is 1. The Bertz CT molecular complexity index is 4500. The highest BCUT2D eigenvalue weighted by Crippen LogP contribution is 2.42. The Balaban J connectivity index is 0.000000226. The molecule has 570 valence electrons. The van der Waals surface area contributed by atoms with Crippen molar-refractivity contribution in [2.45, 2.75) is 119 Å². The molecule has 5 aliphatic rings. The third kappa shape index (κ3) is 21.6. The van der Waals surface area contributed by atoms with Gasteiger partial charge in [0.1, 0.15) is 59.1 Å². The summed E-state index contributed by atoms with van der Waals surface area (Å²) in [7, 11) is 0. The van der Waals surface area contributed by atoms with Crippen molar-refractivity contribution in [1.29, 1.82) is 0 Å². The largest absolute Gasteiger partial charge is 0.543 e. The number of aromatic carboxylic acids is 1. The molecule has 0 saturated carbocycles. The first-order chi connectivity index (χ1) is 51.2. The summed E-state index contributed by atoms with van der Waals surface area (Å²) >= 11 is 0. The molecule has 0 spiro atoms. The van der Waals surface area contributed by atoms with Crippen LogP contribution in [0.3, 0.4) is 0 Å². The van der Waals surface area contributed by atoms with Gasteiger partial charge in [-0.05, 0) is 90.2 Å². The molecular formula is C68H67N9O31. The second kappa shape index (κ2) is 36.7. The average Bonchev–Trinajstić information content (AvgIpc) is 1.64. The molecule has 9 rings (SSSR count). The number of hydrogen-bond donors (Lipinski definition) is 17. The molecule has 0 saturated heterocycles. The van der Waals surface area contributed by atoms with Crippen LogP contribution in [-0.2, 0) is 91.1 Å². The Kier molecular flexibility index (Phi) is 27.5. The van der Waals surface area contributed by atoms with Gasteiger partial charge in [0.2, 0.25) is 29.3 Å². The molecule has 4 aromatic rings. The minimum absolute atomic E-state index is 0.0117. The lowest BCUT2D eigenvalue weighted by atomic mass is 10.1. The Morgan fingerprint density at radius 1 is 0.565 bits per heavy atom. The van der Waals surface area contributed by atoms with Gasteiger partial charge in [0, 0.05) is 98.7 Å². The molecule has 5 aliphatic heterocycles. The fourth-order valence-electron chi connectivity index (χ4n) is 11.5. The number of fused-ring (bicyclic) bond motifs is 3. The second-order valence-electron chi connectivity index (χ2n) is 23.9. The Hall–Kier alpha value is -14.4. The maximum Gasteiger partial charge on any atom is 0.354 e. The lowest BCUT2D eigenvalue weighted by Crippen LogP contribution is -2.40. The van der Waals surface area contributed by atoms with E-state index in [0.717, 1.165) is 5.57 Å². The smallest absolute Gasteiger partial charge is 0.354 e. The molecule has 40 nitrogen and oxygen atoms in total. The van der Waals surface area contributed by atoms with Crippen LogP contribution in [0.4, 0.5) is 34.1 Å². The van der Waals surface area contributed by atoms with E-state index in [1.807, 2.05) is 0 Å². The van der Waals surface area contributed by atoms with E-state index in [4.69, 9.17) is 24.8 Å². The molecule has 0 amide bonds. The first-order valence-corrected chi connectivity index (χ1v) is 31.8. The average molecular weight is 1510 g/mol. The third-order valence-corrected chi connectivity index (χ3v) is 16.6. The summed E-state index contributed by atoms with van der Waals surface area (Å²) in [6, 6.07) is 3.12. The molecule has 17 N–H and O–H groups in total. The number of carboxylic acids is 11. The maximum absolute atomic E-state index is 11.9. The van der Waals surface area contributed by atoms with Crippen molar-refractivity contribution in [2.24, 2.45) is 0 Å². The van der Waals surface area contributed by atoms with Crippen molar-refractivity contribution in [1.82, 2.24) is 15.6 Å². The van der Waals surface area contributed by atoms with E-state index in [2.05, 4.69) is 36.3 Å². The molecule has 0 radical (unpaired) electrons. The number of nitrogens with zero attached hydrogens (tertiary/aromatic N) is 4. The number of allylic oxidation sites excluding steroid dienone is 4. The summed E-state index contributed by atoms with van der Waals surface area (Å²) in [5.41, 5.74) is 3.12. The number of carbonyl (C=O) groups excluding carboxylic acids is 5. The summed E-state index contributed by atoms with van der Waals surface area (Å²) < 4.78 is 17.0. The number of phenols is 3. The van der Waals surface area contributed by atoms with Crippen molar-refractivity contribution >= 4 is 138 Å². The first kappa shape index (κ1) is 80.9. The number of benzene rings is 3. The summed E-state index contributed by atoms with van der Waals surface area (Å²) in [5, 5.41) is 151. The molecule has 40 heteroatoms. The monoisotopic (exact) mass is 1510 g/mol. The van der Waals surface area contributed by atoms with Crippen molar-refractivity contribution < 1.29 is 162 Å². The topological polar surface area (TPSA) is 638 Å². The van der Waals surface area contributed by atoms with E-state index < -0.39 is 144 Å². The van der Waals surface area contributed by atoms with Gasteiger partial charge in [-0.3, -0.25) is 28.8 Å². The number of rotatable bonds is 33. The van der Waals surface area contributed by atoms with Gasteiger partial charge < -0.3 is 127 Å². The van der Waals surface area contributed by atoms with Crippen molar-refractivity contribution in [3.63, 3.8) is 0 Å². The van der Waals surface area contributed by atoms with Gasteiger partial charge in [-0.15, -0.1) is 0 Å². The molecule has 2 unspecified atom stereocenters. The van der Waals surface area contributed by atoms with Crippen LogP contribution in [0.2, 0.25) is 0 Å². The minimum atomic E-state index is -1.43. The van der Waals surface area contributed by atoms with E-state index >= 15 is 0 Å². The predicted octanol–water partition coefficient (Wildman–Crippen LogP) is -0.420. The normalized spacial score (nSPS) is 19.4. The number of ether oxygens (including phenoxy) is 3. The molecule has 0 bridgehead atoms. The molecule has 0 aliphatic carbocycles. The predicted molar refractivity (Wildman–Crippen MR) is 360 cm³/mol. The zero-order valence-electron chi connectivity index (χ0n) is 55.9. The van der Waals surface area contributed by atoms with Crippen LogP contribution < -0.4 is 46.4 Å². The maximum atomic E-state index is 11.9. The van der Waals surface area contributed by atoms with Gasteiger partial charge in [0.05, 0.1) is 29.2 Å². The highest BCUT2D eigenvalue weighted by Gasteiger charge is 2.40. The first-order valence-electron chi connectivity index (χ1n) is 31.8. The second-order valence-corrected chi connectivity index (χ2v) is 23.9. The standard InChI is InChI=1S/C23H23N3O11.C23H21N3O11.C22H23N3O9/c2*27-10-37-19-6-11(5-15(25-19)22(33)34)3-4-26-16-9-18(28)14(7-12(16)8-17(26)23(35)36)24-13(21(31)32)1-2-20(29)30;26-11-34-19-7-12(3-5-23-19)4-6-25-16-10-18(27)15(8-13(16)9-17(25)22(32)33)24-14(21(30)31)1-2-20(28)29/h3-5,7,9-10,13,17,19,24H,1-2,6,8H2,(H5,28,29,30,31,32,33,34,35,36);3-7,9-10,13,17,24,28H,1-2,8H2,(H,29,30)(H,31,32)(H,33,34)(H,35,36);3-6,8,10-11,14,17,19,24H,1-2,7,9H2,(H4,27,28,29,30,31,32,33)/b;4-3+;/t13-,17-,19?;13-,17-;14-,17-,19?/m000/s1. The quantitative estimate of drug-likeness (QED) is 0.0164. The summed E-state index contributed by atoms with van der Waals surface area (Å²) in [4.78, 5) is 162. The van der Waals surface area contributed by atoms with Gasteiger partial charge in [0.15, 0.2) is 30.6 Å². The van der Waals surface area contributed by atoms with E-state index in [0.29, 0.717) is 46.5 Å². The Morgan fingerprint density at radius 2 is 1.03 bits per heavy atom. The molecule has 8 atom stereocenters. The van der Waals surface area contributed by atoms with E-state index in [9.17, 15) is 123 Å². The molecular weight excluding hydrogens is 1440 g/mol. The van der Waals surface area contributed by atoms with Gasteiger partial charge in [0.25, 0.3) is 19.4 Å². The van der Waals surface area contributed by atoms with Crippen LogP contribution >= 0.6 is 0 Å². The summed E-state index contributed by atoms with van der Waals surface area (Å²) in [6.45, 7) is 0.563. The van der Waals surface area contributed by atoms with Crippen molar-refractivity contribution in [2.75, 3.05) is 20.9 Å². The van der Waals surface area contributed by atoms with Crippen LogP contribution in [0.25, 0.3) is 6.08 Å². The van der Waals surface area contributed by atoms with Crippen LogP contribution in [0, 0.1) is 0 Å². The van der Waals surface area contributed by atoms with Crippen LogP contribution in [0.5, 0.6) is 23.1 Å². The number of carboxylic acid groups (broad SMARTS) is 11. The van der Waals surface area contributed by atoms with Crippen LogP contribution in [0.1, 0.15) is 84.1 Å². The van der Waals surface area contributed by atoms with Gasteiger partial charge in [-0.1, -0.05) is 0 Å². The fourth-order valence-corrected chi connectivity index (χ4v) is 11.5. The summed E-state index contributed by atoms with van der Waals surface area (Å²) in [6.07, 6.45) is 10.2. The summed E-state index contributed by atoms with van der Waals surface area (Å²) in [5.74, 6) is -15.5. The van der Waals surface area contributed by atoms with Gasteiger partial charge >= 0.3 is 53.7 Å². The zero-order valence-corrected chi connectivity index (χ0v) is 55.9. The lowest BCUT2D eigenvalue weighted by molar-refractivity contribution is -0.475. The molecule has 108 heavy (non-hydrogen) atoms. The number of nitrogens with one attached hydrogen (secondary N) is 5. The lowest BCUT2D eigenvalue weighted by Gasteiger charge is -2.23. The number of aromatic hydroxyl groups is 3. The van der Waals surface area contributed by atoms with Crippen molar-refractivity contribution in [3.05, 3.63) is 130 Å². The number of aromatic nitrogens is 1. The minimum Gasteiger partial charge on any atom is -0.543 e. The number of aliphatic carboxylic acids is 10. The van der Waals surface area contributed by atoms with Crippen molar-refractivity contribution in [3.8, 4) is 23.1 Å². The number of anilines is 4. The third-order valence-electron chi connectivity index (χ3n) is 16.6. The number of hydrogen-bond acceptors (Lipinski definition) is 29. The number of carbonyl (C=O) groups is 14. The highest BCUT2D eigenvalue weighted by atomic mass is 16.5. The van der Waals surface area contributed by atoms with Gasteiger partial charge in [-0.2, -0.15) is 9.15 Å². The van der Waals surface area contributed by atoms with Crippen LogP contribution in [0.15, 0.2) is 102 Å². The van der Waals surface area contributed by atoms with E-state index in [1.165, 1.54) is 99.4 Å². The van der Waals surface area contributed by atoms with E-state index in [-0.39, 0.29) is 110 Å². The molecule has 1 aromatic heterocycles. The SMILES string of the molecule is O=COC1C/C(=C\C=[N+]2c3cc(O)c(N[C@@H](CCC(=O)O)C(=O)O)cc3C[C@H]2C(=O)[O-])C=C(C(=O)O)N1.O=COC1C/C(=C\C=[N+]2c3cc(O)c(N[C@@H](CCC(=O)O)C(=O)O)cc3C[C@H]2C(=O)[O-])C=CN1.O=COc1cc(/C=C/N2c3cc(O)c(N[C@@H](CCC(=O)O)C(=O)O)cc3C[C@H]2C(=O)O)cc(C(=O)O)n1. The zero-order chi connectivity index (χ0) is 79.4. The molecule has 0 fully saturated rings.